The highest BCUT2D eigenvalue weighted by Gasteiger charge is 2.13. The Morgan fingerprint density at radius 2 is 2.33 bits per heavy atom. The van der Waals surface area contributed by atoms with Gasteiger partial charge in [-0.1, -0.05) is 12.1 Å². The van der Waals surface area contributed by atoms with E-state index in [1.54, 1.807) is 12.1 Å². The predicted octanol–water partition coefficient (Wildman–Crippen LogP) is 1.03. The summed E-state index contributed by atoms with van der Waals surface area (Å²) in [6, 6.07) is 3.34. The fraction of sp³-hybridized carbons (Fsp3) is 0.417. The molecule has 18 heavy (non-hydrogen) atoms. The lowest BCUT2D eigenvalue weighted by Crippen LogP contribution is -2.37. The summed E-state index contributed by atoms with van der Waals surface area (Å²) in [7, 11) is 0. The molecular weight excluding hydrogens is 232 g/mol. The van der Waals surface area contributed by atoms with E-state index in [1.165, 1.54) is 6.20 Å². The first-order valence-electron chi connectivity index (χ1n) is 5.76. The molecule has 0 aromatic carbocycles. The van der Waals surface area contributed by atoms with Crippen LogP contribution in [-0.4, -0.2) is 28.0 Å². The molecule has 6 nitrogen and oxygen atoms in total. The molecule has 1 aromatic heterocycles. The van der Waals surface area contributed by atoms with Gasteiger partial charge in [0, 0.05) is 24.4 Å². The first-order valence-corrected chi connectivity index (χ1v) is 5.76. The zero-order chi connectivity index (χ0) is 13.5. The predicted molar refractivity (Wildman–Crippen MR) is 68.5 cm³/mol. The van der Waals surface area contributed by atoms with Crippen molar-refractivity contribution in [3.8, 4) is 0 Å². The number of nitrogens with zero attached hydrogens (tertiary/aromatic N) is 2. The fourth-order valence-corrected chi connectivity index (χ4v) is 1.46. The van der Waals surface area contributed by atoms with Crippen LogP contribution in [0.3, 0.4) is 0 Å². The van der Waals surface area contributed by atoms with Crippen LogP contribution in [0.25, 0.3) is 0 Å². The van der Waals surface area contributed by atoms with Gasteiger partial charge in [-0.3, -0.25) is 9.78 Å². The normalized spacial score (nSPS) is 13.1. The number of carbonyl (C=O) groups excluding carboxylic acids is 1. The number of hydrogen-bond acceptors (Lipinski definition) is 4. The van der Waals surface area contributed by atoms with Crippen LogP contribution in [0.4, 0.5) is 0 Å². The van der Waals surface area contributed by atoms with E-state index in [4.69, 9.17) is 10.9 Å². The van der Waals surface area contributed by atoms with Gasteiger partial charge in [-0.05, 0) is 25.5 Å². The second-order valence-electron chi connectivity index (χ2n) is 4.06. The molecule has 4 N–H and O–H groups in total. The van der Waals surface area contributed by atoms with Gasteiger partial charge in [0.1, 0.15) is 5.84 Å². The SMILES string of the molecule is CCC(CC(N)=NO)NC(=O)c1ccc(C)nc1. The van der Waals surface area contributed by atoms with E-state index in [0.717, 1.165) is 5.69 Å². The highest BCUT2D eigenvalue weighted by molar-refractivity contribution is 5.94. The standard InChI is InChI=1S/C12H18N4O2/c1-3-10(6-11(13)16-18)15-12(17)9-5-4-8(2)14-7-9/h4-5,7,10,18H,3,6H2,1-2H3,(H2,13,16)(H,15,17). The molecule has 1 rings (SSSR count). The van der Waals surface area contributed by atoms with Crippen molar-refractivity contribution in [2.45, 2.75) is 32.7 Å². The van der Waals surface area contributed by atoms with Crippen LogP contribution >= 0.6 is 0 Å². The van der Waals surface area contributed by atoms with Gasteiger partial charge in [0.05, 0.1) is 5.56 Å². The van der Waals surface area contributed by atoms with E-state index in [2.05, 4.69) is 15.5 Å². The molecule has 0 spiro atoms. The largest absolute Gasteiger partial charge is 0.409 e. The Labute approximate surface area is 106 Å². The summed E-state index contributed by atoms with van der Waals surface area (Å²) >= 11 is 0. The van der Waals surface area contributed by atoms with Gasteiger partial charge >= 0.3 is 0 Å². The average molecular weight is 250 g/mol. The Kier molecular flexibility index (Phi) is 5.10. The van der Waals surface area contributed by atoms with Gasteiger partial charge < -0.3 is 16.3 Å². The summed E-state index contributed by atoms with van der Waals surface area (Å²) in [4.78, 5) is 16.0. The molecule has 6 heteroatoms. The van der Waals surface area contributed by atoms with Crippen LogP contribution in [0.5, 0.6) is 0 Å². The van der Waals surface area contributed by atoms with Crippen molar-refractivity contribution in [2.75, 3.05) is 0 Å². The third-order valence-electron chi connectivity index (χ3n) is 2.59. The number of rotatable bonds is 5. The first-order chi connectivity index (χ1) is 8.56. The third kappa shape index (κ3) is 4.04. The summed E-state index contributed by atoms with van der Waals surface area (Å²) < 4.78 is 0. The molecule has 0 radical (unpaired) electrons. The molecule has 1 aromatic rings. The number of amidine groups is 1. The molecule has 0 aliphatic heterocycles. The van der Waals surface area contributed by atoms with Gasteiger partial charge in [0.15, 0.2) is 0 Å². The van der Waals surface area contributed by atoms with Crippen LogP contribution in [0.1, 0.15) is 35.8 Å². The minimum absolute atomic E-state index is 0.101. The zero-order valence-electron chi connectivity index (χ0n) is 10.6. The van der Waals surface area contributed by atoms with E-state index >= 15 is 0 Å². The van der Waals surface area contributed by atoms with Crippen molar-refractivity contribution in [2.24, 2.45) is 10.9 Å². The van der Waals surface area contributed by atoms with Gasteiger partial charge in [0.25, 0.3) is 5.91 Å². The third-order valence-corrected chi connectivity index (χ3v) is 2.59. The number of aryl methyl sites for hydroxylation is 1. The molecule has 98 valence electrons. The zero-order valence-corrected chi connectivity index (χ0v) is 10.6. The number of hydrogen-bond donors (Lipinski definition) is 3. The molecule has 0 saturated carbocycles. The molecule has 0 aliphatic rings. The highest BCUT2D eigenvalue weighted by Crippen LogP contribution is 2.03. The fourth-order valence-electron chi connectivity index (χ4n) is 1.46. The Bertz CT molecular complexity index is 428. The van der Waals surface area contributed by atoms with Crippen molar-refractivity contribution in [3.63, 3.8) is 0 Å². The Morgan fingerprint density at radius 3 is 2.83 bits per heavy atom. The van der Waals surface area contributed by atoms with Crippen molar-refractivity contribution in [1.29, 1.82) is 0 Å². The summed E-state index contributed by atoms with van der Waals surface area (Å²) in [6.07, 6.45) is 2.54. The van der Waals surface area contributed by atoms with Crippen LogP contribution in [-0.2, 0) is 0 Å². The molecule has 0 aliphatic carbocycles. The molecule has 1 atom stereocenters. The molecule has 0 saturated heterocycles. The summed E-state index contributed by atoms with van der Waals surface area (Å²) in [6.45, 7) is 3.78. The molecule has 1 heterocycles. The van der Waals surface area contributed by atoms with Crippen molar-refractivity contribution in [1.82, 2.24) is 10.3 Å². The maximum atomic E-state index is 11.9. The number of carbonyl (C=O) groups is 1. The number of nitrogens with two attached hydrogens (primary N) is 1. The van der Waals surface area contributed by atoms with Crippen LogP contribution in [0.2, 0.25) is 0 Å². The smallest absolute Gasteiger partial charge is 0.253 e. The number of pyridine rings is 1. The number of oxime groups is 1. The molecule has 0 bridgehead atoms. The summed E-state index contributed by atoms with van der Waals surface area (Å²) in [5.41, 5.74) is 6.78. The van der Waals surface area contributed by atoms with Crippen molar-refractivity contribution < 1.29 is 10.0 Å². The van der Waals surface area contributed by atoms with Crippen LogP contribution in [0, 0.1) is 6.92 Å². The van der Waals surface area contributed by atoms with E-state index in [0.29, 0.717) is 18.4 Å². The highest BCUT2D eigenvalue weighted by atomic mass is 16.4. The molecule has 0 fully saturated rings. The van der Waals surface area contributed by atoms with E-state index in [1.807, 2.05) is 13.8 Å². The lowest BCUT2D eigenvalue weighted by molar-refractivity contribution is 0.0936. The lowest BCUT2D eigenvalue weighted by Gasteiger charge is -2.16. The Morgan fingerprint density at radius 1 is 1.61 bits per heavy atom. The number of aromatic nitrogens is 1. The minimum atomic E-state index is -0.208. The van der Waals surface area contributed by atoms with Crippen molar-refractivity contribution >= 4 is 11.7 Å². The van der Waals surface area contributed by atoms with E-state index in [-0.39, 0.29) is 17.8 Å². The summed E-state index contributed by atoms with van der Waals surface area (Å²) in [5, 5.41) is 14.2. The van der Waals surface area contributed by atoms with Gasteiger partial charge in [-0.25, -0.2) is 0 Å². The summed E-state index contributed by atoms with van der Waals surface area (Å²) in [5.74, 6) is -0.107. The first kappa shape index (κ1) is 14.0. The maximum Gasteiger partial charge on any atom is 0.253 e. The van der Waals surface area contributed by atoms with Crippen LogP contribution < -0.4 is 11.1 Å². The Balaban J connectivity index is 2.64. The van der Waals surface area contributed by atoms with Gasteiger partial charge in [-0.15, -0.1) is 0 Å². The molecule has 1 amide bonds. The average Bonchev–Trinajstić information content (AvgIpc) is 2.38. The molecular formula is C12H18N4O2. The number of amides is 1. The topological polar surface area (TPSA) is 101 Å². The quantitative estimate of drug-likeness (QED) is 0.314. The van der Waals surface area contributed by atoms with Gasteiger partial charge in [-0.2, -0.15) is 0 Å². The van der Waals surface area contributed by atoms with Crippen LogP contribution in [0.15, 0.2) is 23.5 Å². The number of nitrogens with one attached hydrogen (secondary N) is 1. The molecule has 1 unspecified atom stereocenters. The van der Waals surface area contributed by atoms with Gasteiger partial charge in [0.2, 0.25) is 0 Å². The minimum Gasteiger partial charge on any atom is -0.409 e. The van der Waals surface area contributed by atoms with Crippen molar-refractivity contribution in [3.05, 3.63) is 29.6 Å². The Hall–Kier alpha value is -2.11. The monoisotopic (exact) mass is 250 g/mol. The van der Waals surface area contributed by atoms with E-state index in [9.17, 15) is 4.79 Å². The second kappa shape index (κ2) is 6.58. The lowest BCUT2D eigenvalue weighted by atomic mass is 10.1. The van der Waals surface area contributed by atoms with E-state index < -0.39 is 0 Å². The maximum absolute atomic E-state index is 11.9. The second-order valence-corrected chi connectivity index (χ2v) is 4.06.